The molecule has 1 aliphatic rings. The van der Waals surface area contributed by atoms with Crippen LogP contribution in [0.2, 0.25) is 0 Å². The van der Waals surface area contributed by atoms with Crippen LogP contribution in [0.15, 0.2) is 18.2 Å². The van der Waals surface area contributed by atoms with Gasteiger partial charge < -0.3 is 5.32 Å². The predicted octanol–water partition coefficient (Wildman–Crippen LogP) is 3.35. The van der Waals surface area contributed by atoms with Gasteiger partial charge in [-0.25, -0.2) is 0 Å². The predicted molar refractivity (Wildman–Crippen MR) is 89.1 cm³/mol. The van der Waals surface area contributed by atoms with Gasteiger partial charge in [0, 0.05) is 31.0 Å². The van der Waals surface area contributed by atoms with Crippen LogP contribution in [0.1, 0.15) is 25.3 Å². The zero-order valence-electron chi connectivity index (χ0n) is 12.7. The summed E-state index contributed by atoms with van der Waals surface area (Å²) in [7, 11) is 2.10. The van der Waals surface area contributed by atoms with Crippen molar-refractivity contribution in [2.75, 3.05) is 30.4 Å². The van der Waals surface area contributed by atoms with E-state index in [0.717, 1.165) is 30.8 Å². The molecule has 1 aliphatic heterocycles. The molecule has 1 aromatic rings. The summed E-state index contributed by atoms with van der Waals surface area (Å²) in [5.41, 5.74) is 1.79. The number of benzene rings is 1. The zero-order valence-corrected chi connectivity index (χ0v) is 13.5. The molecule has 21 heavy (non-hydrogen) atoms. The van der Waals surface area contributed by atoms with Crippen molar-refractivity contribution in [3.05, 3.63) is 33.9 Å². The minimum atomic E-state index is -0.299. The standard InChI is InChI=1S/C15H23N3O2S/c1-3-7-16-14-5-4-12(9-15(14)18(19)20)10-17(2)13-6-8-21-11-13/h4-5,9,13,16H,3,6-8,10-11H2,1-2H3. The first kappa shape index (κ1) is 16.1. The van der Waals surface area contributed by atoms with Crippen LogP contribution in [-0.4, -0.2) is 41.0 Å². The van der Waals surface area contributed by atoms with Crippen LogP contribution in [0.5, 0.6) is 0 Å². The fourth-order valence-corrected chi connectivity index (χ4v) is 3.82. The molecule has 1 fully saturated rings. The second-order valence-electron chi connectivity index (χ2n) is 5.47. The number of thioether (sulfide) groups is 1. The van der Waals surface area contributed by atoms with Gasteiger partial charge in [-0.3, -0.25) is 15.0 Å². The zero-order chi connectivity index (χ0) is 15.2. The van der Waals surface area contributed by atoms with Gasteiger partial charge in [0.25, 0.3) is 5.69 Å². The summed E-state index contributed by atoms with van der Waals surface area (Å²) in [4.78, 5) is 13.2. The summed E-state index contributed by atoms with van der Waals surface area (Å²) >= 11 is 1.98. The van der Waals surface area contributed by atoms with Crippen molar-refractivity contribution in [2.24, 2.45) is 0 Å². The first-order valence-corrected chi connectivity index (χ1v) is 8.56. The molecular weight excluding hydrogens is 286 g/mol. The number of nitro groups is 1. The molecule has 2 rings (SSSR count). The van der Waals surface area contributed by atoms with Gasteiger partial charge >= 0.3 is 0 Å². The molecular formula is C15H23N3O2S. The second-order valence-corrected chi connectivity index (χ2v) is 6.62. The highest BCUT2D eigenvalue weighted by Gasteiger charge is 2.21. The molecule has 1 N–H and O–H groups in total. The van der Waals surface area contributed by atoms with E-state index in [1.54, 1.807) is 6.07 Å². The highest BCUT2D eigenvalue weighted by molar-refractivity contribution is 7.99. The first-order valence-electron chi connectivity index (χ1n) is 7.41. The summed E-state index contributed by atoms with van der Waals surface area (Å²) in [6.45, 7) is 3.56. The molecule has 0 aromatic heterocycles. The normalized spacial score (nSPS) is 18.1. The van der Waals surface area contributed by atoms with Crippen LogP contribution in [0.4, 0.5) is 11.4 Å². The lowest BCUT2D eigenvalue weighted by Gasteiger charge is -2.23. The van der Waals surface area contributed by atoms with Crippen LogP contribution < -0.4 is 5.32 Å². The maximum absolute atomic E-state index is 11.2. The average molecular weight is 309 g/mol. The summed E-state index contributed by atoms with van der Waals surface area (Å²) in [5.74, 6) is 2.38. The summed E-state index contributed by atoms with van der Waals surface area (Å²) in [6.07, 6.45) is 2.15. The largest absolute Gasteiger partial charge is 0.380 e. The quantitative estimate of drug-likeness (QED) is 0.618. The SMILES string of the molecule is CCCNc1ccc(CN(C)C2CCSC2)cc1[N+](=O)[O-]. The summed E-state index contributed by atoms with van der Waals surface area (Å²) in [6, 6.07) is 6.12. The third kappa shape index (κ3) is 4.35. The molecule has 1 atom stereocenters. The number of rotatable bonds is 7. The molecule has 0 spiro atoms. The van der Waals surface area contributed by atoms with Crippen molar-refractivity contribution in [3.63, 3.8) is 0 Å². The Morgan fingerprint density at radius 3 is 2.95 bits per heavy atom. The fourth-order valence-electron chi connectivity index (χ4n) is 2.52. The Balaban J connectivity index is 2.09. The molecule has 116 valence electrons. The Labute approximate surface area is 130 Å². The fraction of sp³-hybridized carbons (Fsp3) is 0.600. The molecule has 5 nitrogen and oxygen atoms in total. The van der Waals surface area contributed by atoms with Crippen LogP contribution in [0.3, 0.4) is 0 Å². The number of hydrogen-bond acceptors (Lipinski definition) is 5. The van der Waals surface area contributed by atoms with Gasteiger partial charge in [0.1, 0.15) is 5.69 Å². The van der Waals surface area contributed by atoms with Crippen LogP contribution in [-0.2, 0) is 6.54 Å². The Hall–Kier alpha value is -1.27. The van der Waals surface area contributed by atoms with Gasteiger partial charge in [-0.15, -0.1) is 0 Å². The maximum Gasteiger partial charge on any atom is 0.292 e. The number of nitrogens with one attached hydrogen (secondary N) is 1. The van der Waals surface area contributed by atoms with E-state index in [2.05, 4.69) is 17.3 Å². The van der Waals surface area contributed by atoms with Crippen molar-refractivity contribution >= 4 is 23.1 Å². The van der Waals surface area contributed by atoms with Gasteiger partial charge in [-0.05, 0) is 37.3 Å². The molecule has 1 aromatic carbocycles. The lowest BCUT2D eigenvalue weighted by atomic mass is 10.1. The van der Waals surface area contributed by atoms with Gasteiger partial charge in [0.05, 0.1) is 4.92 Å². The van der Waals surface area contributed by atoms with Crippen LogP contribution in [0.25, 0.3) is 0 Å². The lowest BCUT2D eigenvalue weighted by molar-refractivity contribution is -0.384. The number of hydrogen-bond donors (Lipinski definition) is 1. The second kappa shape index (κ2) is 7.66. The van der Waals surface area contributed by atoms with Crippen molar-refractivity contribution in [1.29, 1.82) is 0 Å². The topological polar surface area (TPSA) is 58.4 Å². The van der Waals surface area contributed by atoms with Crippen molar-refractivity contribution in [1.82, 2.24) is 4.90 Å². The van der Waals surface area contributed by atoms with E-state index in [0.29, 0.717) is 11.7 Å². The summed E-state index contributed by atoms with van der Waals surface area (Å²) in [5, 5.41) is 14.3. The molecule has 1 saturated heterocycles. The van der Waals surface area contributed by atoms with E-state index in [4.69, 9.17) is 0 Å². The molecule has 0 bridgehead atoms. The van der Waals surface area contributed by atoms with Gasteiger partial charge in [0.15, 0.2) is 0 Å². The Bertz CT molecular complexity index is 490. The van der Waals surface area contributed by atoms with Crippen LogP contribution in [0, 0.1) is 10.1 Å². The minimum absolute atomic E-state index is 0.176. The molecule has 6 heteroatoms. The third-order valence-electron chi connectivity index (χ3n) is 3.79. The smallest absolute Gasteiger partial charge is 0.292 e. The minimum Gasteiger partial charge on any atom is -0.380 e. The van der Waals surface area contributed by atoms with Crippen molar-refractivity contribution < 1.29 is 4.92 Å². The number of anilines is 1. The van der Waals surface area contributed by atoms with Crippen molar-refractivity contribution in [2.45, 2.75) is 32.4 Å². The van der Waals surface area contributed by atoms with Gasteiger partial charge in [0.2, 0.25) is 0 Å². The molecule has 0 radical (unpaired) electrons. The highest BCUT2D eigenvalue weighted by Crippen LogP contribution is 2.27. The molecule has 0 amide bonds. The first-order chi connectivity index (χ1) is 10.1. The number of nitro benzene ring substituents is 1. The third-order valence-corrected chi connectivity index (χ3v) is 4.93. The van der Waals surface area contributed by atoms with Crippen molar-refractivity contribution in [3.8, 4) is 0 Å². The van der Waals surface area contributed by atoms with E-state index in [9.17, 15) is 10.1 Å². The highest BCUT2D eigenvalue weighted by atomic mass is 32.2. The Morgan fingerprint density at radius 1 is 1.52 bits per heavy atom. The van der Waals surface area contributed by atoms with E-state index >= 15 is 0 Å². The van der Waals surface area contributed by atoms with E-state index < -0.39 is 0 Å². The van der Waals surface area contributed by atoms with Crippen LogP contribution >= 0.6 is 11.8 Å². The lowest BCUT2D eigenvalue weighted by Crippen LogP contribution is -2.30. The Morgan fingerprint density at radius 2 is 2.33 bits per heavy atom. The molecule has 0 aliphatic carbocycles. The Kier molecular flexibility index (Phi) is 5.87. The summed E-state index contributed by atoms with van der Waals surface area (Å²) < 4.78 is 0. The molecule has 1 unspecified atom stereocenters. The van der Waals surface area contributed by atoms with Gasteiger partial charge in [-0.2, -0.15) is 11.8 Å². The number of nitrogens with zero attached hydrogens (tertiary/aromatic N) is 2. The molecule has 0 saturated carbocycles. The van der Waals surface area contributed by atoms with E-state index in [1.165, 1.54) is 12.2 Å². The molecule has 1 heterocycles. The average Bonchev–Trinajstić information content (AvgIpc) is 3.00. The van der Waals surface area contributed by atoms with Gasteiger partial charge in [-0.1, -0.05) is 13.0 Å². The monoisotopic (exact) mass is 309 g/mol. The maximum atomic E-state index is 11.2. The van der Waals surface area contributed by atoms with E-state index in [1.807, 2.05) is 30.8 Å². The van der Waals surface area contributed by atoms with E-state index in [-0.39, 0.29) is 10.6 Å².